The largest absolute Gasteiger partial charge is 0.492 e. The van der Waals surface area contributed by atoms with Gasteiger partial charge in [-0.25, -0.2) is 9.97 Å². The van der Waals surface area contributed by atoms with Gasteiger partial charge in [-0.05, 0) is 27.3 Å². The van der Waals surface area contributed by atoms with Crippen molar-refractivity contribution < 1.29 is 14.6 Å². The Morgan fingerprint density at radius 3 is 2.78 bits per heavy atom. The van der Waals surface area contributed by atoms with Crippen LogP contribution in [-0.2, 0) is 9.47 Å². The van der Waals surface area contributed by atoms with E-state index in [4.69, 9.17) is 9.47 Å². The molecule has 7 heteroatoms. The summed E-state index contributed by atoms with van der Waals surface area (Å²) in [4.78, 5) is 13.6. The van der Waals surface area contributed by atoms with Gasteiger partial charge in [0, 0.05) is 17.8 Å². The molecule has 0 aliphatic carbocycles. The zero-order valence-electron chi connectivity index (χ0n) is 13.8. The number of H-pyrrole nitrogens is 1. The van der Waals surface area contributed by atoms with Crippen molar-refractivity contribution in [1.82, 2.24) is 19.9 Å². The van der Waals surface area contributed by atoms with Crippen LogP contribution in [0.4, 0.5) is 0 Å². The number of hydrogen-bond donors (Lipinski definition) is 2. The van der Waals surface area contributed by atoms with Gasteiger partial charge in [-0.3, -0.25) is 4.90 Å². The van der Waals surface area contributed by atoms with E-state index in [-0.39, 0.29) is 30.2 Å². The summed E-state index contributed by atoms with van der Waals surface area (Å²) in [6.45, 7) is 6.08. The van der Waals surface area contributed by atoms with Crippen LogP contribution in [0.2, 0.25) is 0 Å². The van der Waals surface area contributed by atoms with E-state index >= 15 is 0 Å². The van der Waals surface area contributed by atoms with Gasteiger partial charge < -0.3 is 19.6 Å². The number of aromatic nitrogens is 3. The maximum atomic E-state index is 9.91. The summed E-state index contributed by atoms with van der Waals surface area (Å²) >= 11 is 0. The number of ether oxygens (including phenoxy) is 2. The van der Waals surface area contributed by atoms with Crippen molar-refractivity contribution in [2.24, 2.45) is 0 Å². The summed E-state index contributed by atoms with van der Waals surface area (Å²) in [6.07, 6.45) is 4.23. The number of hydrogen-bond acceptors (Lipinski definition) is 6. The van der Waals surface area contributed by atoms with Crippen LogP contribution in [-0.4, -0.2) is 56.0 Å². The van der Waals surface area contributed by atoms with Crippen LogP contribution in [0.1, 0.15) is 38.8 Å². The van der Waals surface area contributed by atoms with Gasteiger partial charge in [-0.1, -0.05) is 6.92 Å². The molecule has 4 rings (SSSR count). The quantitative estimate of drug-likeness (QED) is 0.880. The molecular weight excluding hydrogens is 296 g/mol. The second-order valence-electron chi connectivity index (χ2n) is 6.82. The third-order valence-electron chi connectivity index (χ3n) is 5.03. The first kappa shape index (κ1) is 14.9. The van der Waals surface area contributed by atoms with Gasteiger partial charge in [0.25, 0.3) is 0 Å². The molecule has 4 unspecified atom stereocenters. The molecule has 2 aromatic rings. The Morgan fingerprint density at radius 1 is 1.30 bits per heavy atom. The molecule has 4 heterocycles. The first-order chi connectivity index (χ1) is 10.9. The fourth-order valence-electron chi connectivity index (χ4n) is 4.12. The Kier molecular flexibility index (Phi) is 3.16. The first-order valence-corrected chi connectivity index (χ1v) is 8.01. The highest BCUT2D eigenvalue weighted by Crippen LogP contribution is 2.48. The Hall–Kier alpha value is -1.70. The number of likely N-dealkylation sites (tertiary alicyclic amines) is 1. The highest BCUT2D eigenvalue weighted by molar-refractivity contribution is 5.83. The number of fused-ring (bicyclic) bond motifs is 2. The summed E-state index contributed by atoms with van der Waals surface area (Å²) in [5.41, 5.74) is 2.30. The topological polar surface area (TPSA) is 83.5 Å². The zero-order chi connectivity index (χ0) is 16.4. The van der Waals surface area contributed by atoms with Gasteiger partial charge in [-0.15, -0.1) is 0 Å². The second kappa shape index (κ2) is 4.90. The summed E-state index contributed by atoms with van der Waals surface area (Å²) in [5.74, 6) is -0.611. The molecule has 2 aliphatic rings. The molecule has 4 atom stereocenters. The van der Waals surface area contributed by atoms with Crippen molar-refractivity contribution in [3.63, 3.8) is 0 Å². The van der Waals surface area contributed by atoms with Crippen LogP contribution in [0, 0.1) is 0 Å². The average molecular weight is 318 g/mol. The van der Waals surface area contributed by atoms with Gasteiger partial charge in [0.15, 0.2) is 5.79 Å². The standard InChI is InChI=1S/C16H22N4O3/c1-5-9-13-14(23-16(2,3)22-13)12(20(9)4)8-6-17-11-10(8)18-7-19-15(11)21/h6-7,9,12-14,17H,5H2,1-4H3,(H,18,19,21). The molecule has 2 aliphatic heterocycles. The molecule has 124 valence electrons. The van der Waals surface area contributed by atoms with Crippen molar-refractivity contribution >= 4 is 11.0 Å². The lowest BCUT2D eigenvalue weighted by molar-refractivity contribution is -0.166. The maximum Gasteiger partial charge on any atom is 0.239 e. The minimum Gasteiger partial charge on any atom is -0.492 e. The third-order valence-corrected chi connectivity index (χ3v) is 5.03. The number of likely N-dealkylation sites (N-methyl/N-ethyl adjacent to an activating group) is 1. The van der Waals surface area contributed by atoms with Gasteiger partial charge in [0.05, 0.1) is 6.04 Å². The first-order valence-electron chi connectivity index (χ1n) is 8.01. The summed E-state index contributed by atoms with van der Waals surface area (Å²) < 4.78 is 12.4. The predicted octanol–water partition coefficient (Wildman–Crippen LogP) is 1.95. The predicted molar refractivity (Wildman–Crippen MR) is 84.0 cm³/mol. The minimum absolute atomic E-state index is 0.0229. The Morgan fingerprint density at radius 2 is 2.04 bits per heavy atom. The molecule has 0 aromatic carbocycles. The average Bonchev–Trinajstić information content (AvgIpc) is 3.09. The Labute approximate surface area is 134 Å². The Balaban J connectivity index is 1.81. The molecule has 0 amide bonds. The van der Waals surface area contributed by atoms with Crippen LogP contribution in [0.5, 0.6) is 5.88 Å². The van der Waals surface area contributed by atoms with Crippen LogP contribution >= 0.6 is 0 Å². The van der Waals surface area contributed by atoms with Crippen molar-refractivity contribution in [3.8, 4) is 5.88 Å². The van der Waals surface area contributed by atoms with Gasteiger partial charge in [0.1, 0.15) is 29.6 Å². The Bertz CT molecular complexity index is 744. The van der Waals surface area contributed by atoms with Gasteiger partial charge >= 0.3 is 0 Å². The lowest BCUT2D eigenvalue weighted by Crippen LogP contribution is -2.36. The molecule has 7 nitrogen and oxygen atoms in total. The monoisotopic (exact) mass is 318 g/mol. The maximum absolute atomic E-state index is 9.91. The molecule has 2 N–H and O–H groups in total. The van der Waals surface area contributed by atoms with Crippen molar-refractivity contribution in [1.29, 1.82) is 0 Å². The van der Waals surface area contributed by atoms with E-state index in [9.17, 15) is 5.11 Å². The van der Waals surface area contributed by atoms with E-state index in [1.54, 1.807) is 0 Å². The van der Waals surface area contributed by atoms with E-state index in [1.807, 2.05) is 20.0 Å². The lowest BCUT2D eigenvalue weighted by Gasteiger charge is -2.30. The van der Waals surface area contributed by atoms with E-state index in [2.05, 4.69) is 33.8 Å². The summed E-state index contributed by atoms with van der Waals surface area (Å²) in [5, 5.41) is 9.91. The fraction of sp³-hybridized carbons (Fsp3) is 0.625. The number of aromatic hydroxyl groups is 1. The molecule has 0 saturated carbocycles. The number of rotatable bonds is 2. The van der Waals surface area contributed by atoms with E-state index in [0.29, 0.717) is 5.52 Å². The molecule has 23 heavy (non-hydrogen) atoms. The van der Waals surface area contributed by atoms with Crippen LogP contribution in [0.15, 0.2) is 12.5 Å². The summed E-state index contributed by atoms with van der Waals surface area (Å²) in [6, 6.07) is 0.307. The summed E-state index contributed by atoms with van der Waals surface area (Å²) in [7, 11) is 2.09. The number of aromatic amines is 1. The smallest absolute Gasteiger partial charge is 0.239 e. The van der Waals surface area contributed by atoms with E-state index in [0.717, 1.165) is 17.5 Å². The van der Waals surface area contributed by atoms with Crippen molar-refractivity contribution in [2.75, 3.05) is 7.05 Å². The lowest BCUT2D eigenvalue weighted by atomic mass is 10.0. The van der Waals surface area contributed by atoms with Crippen LogP contribution in [0.3, 0.4) is 0 Å². The number of nitrogens with zero attached hydrogens (tertiary/aromatic N) is 3. The highest BCUT2D eigenvalue weighted by Gasteiger charge is 2.56. The molecular formula is C16H22N4O3. The number of nitrogens with one attached hydrogen (secondary N) is 1. The zero-order valence-corrected chi connectivity index (χ0v) is 13.8. The van der Waals surface area contributed by atoms with E-state index < -0.39 is 5.79 Å². The molecule has 2 aromatic heterocycles. The van der Waals surface area contributed by atoms with Gasteiger partial charge in [-0.2, -0.15) is 0 Å². The highest BCUT2D eigenvalue weighted by atomic mass is 16.8. The van der Waals surface area contributed by atoms with Crippen molar-refractivity contribution in [3.05, 3.63) is 18.1 Å². The molecule has 0 radical (unpaired) electrons. The SMILES string of the molecule is CCC1C2OC(C)(C)OC2C(c2c[nH]c3c(O)ncnc23)N1C. The van der Waals surface area contributed by atoms with Crippen LogP contribution in [0.25, 0.3) is 11.0 Å². The minimum atomic E-state index is -0.578. The molecule has 0 bridgehead atoms. The van der Waals surface area contributed by atoms with Crippen LogP contribution < -0.4 is 0 Å². The van der Waals surface area contributed by atoms with Crippen molar-refractivity contribution in [2.45, 2.75) is 57.3 Å². The third kappa shape index (κ3) is 2.07. The van der Waals surface area contributed by atoms with E-state index in [1.165, 1.54) is 6.33 Å². The second-order valence-corrected chi connectivity index (χ2v) is 6.82. The normalized spacial score (nSPS) is 33.4. The molecule has 2 fully saturated rings. The molecule has 2 saturated heterocycles. The fourth-order valence-corrected chi connectivity index (χ4v) is 4.12. The molecule has 0 spiro atoms. The van der Waals surface area contributed by atoms with Gasteiger partial charge in [0.2, 0.25) is 5.88 Å².